The van der Waals surface area contributed by atoms with Crippen LogP contribution in [-0.4, -0.2) is 12.1 Å². The number of aromatic nitrogens is 1. The van der Waals surface area contributed by atoms with Gasteiger partial charge in [-0.2, -0.15) is 13.2 Å². The van der Waals surface area contributed by atoms with E-state index in [0.717, 1.165) is 7.11 Å². The van der Waals surface area contributed by atoms with E-state index in [9.17, 15) is 22.0 Å². The maximum Gasteiger partial charge on any atom is 0.418 e. The zero-order chi connectivity index (χ0) is 13.2. The van der Waals surface area contributed by atoms with E-state index in [-0.39, 0.29) is 0 Å². The van der Waals surface area contributed by atoms with Crippen LogP contribution in [0.1, 0.15) is 23.1 Å². The van der Waals surface area contributed by atoms with Gasteiger partial charge in [0.1, 0.15) is 0 Å². The first-order valence-electron chi connectivity index (χ1n) is 4.44. The van der Waals surface area contributed by atoms with Crippen molar-refractivity contribution in [3.8, 4) is 5.88 Å². The van der Waals surface area contributed by atoms with Gasteiger partial charge < -0.3 is 10.5 Å². The number of pyridine rings is 1. The van der Waals surface area contributed by atoms with Crippen molar-refractivity contribution >= 4 is 0 Å². The Hall–Kier alpha value is -1.44. The van der Waals surface area contributed by atoms with Crippen molar-refractivity contribution < 1.29 is 26.7 Å². The van der Waals surface area contributed by atoms with E-state index in [4.69, 9.17) is 5.73 Å². The highest BCUT2D eigenvalue weighted by Gasteiger charge is 2.37. The smallest absolute Gasteiger partial charge is 0.418 e. The molecule has 1 aromatic heterocycles. The van der Waals surface area contributed by atoms with Gasteiger partial charge in [-0.25, -0.2) is 13.8 Å². The zero-order valence-electron chi connectivity index (χ0n) is 8.68. The van der Waals surface area contributed by atoms with Crippen molar-refractivity contribution in [3.05, 3.63) is 22.9 Å². The Balaban J connectivity index is 3.52. The number of hydrogen-bond acceptors (Lipinski definition) is 3. The zero-order valence-corrected chi connectivity index (χ0v) is 8.68. The van der Waals surface area contributed by atoms with Crippen LogP contribution in [0.2, 0.25) is 0 Å². The van der Waals surface area contributed by atoms with Crippen LogP contribution in [0.4, 0.5) is 22.0 Å². The van der Waals surface area contributed by atoms with Gasteiger partial charge in [0.25, 0.3) is 6.43 Å². The lowest BCUT2D eigenvalue weighted by atomic mass is 10.0. The molecule has 0 spiro atoms. The first-order chi connectivity index (χ1) is 7.82. The van der Waals surface area contributed by atoms with Gasteiger partial charge in [-0.1, -0.05) is 0 Å². The second-order valence-electron chi connectivity index (χ2n) is 3.08. The molecule has 0 aliphatic rings. The second kappa shape index (κ2) is 4.82. The number of methoxy groups -OCH3 is 1. The van der Waals surface area contributed by atoms with Gasteiger partial charge >= 0.3 is 6.18 Å². The topological polar surface area (TPSA) is 48.1 Å². The van der Waals surface area contributed by atoms with Crippen LogP contribution in [0.3, 0.4) is 0 Å². The largest absolute Gasteiger partial charge is 0.481 e. The molecule has 0 aliphatic heterocycles. The third kappa shape index (κ3) is 2.63. The summed E-state index contributed by atoms with van der Waals surface area (Å²) in [6.45, 7) is -0.673. The number of hydrogen-bond donors (Lipinski definition) is 1. The fraction of sp³-hybridized carbons (Fsp3) is 0.444. The first kappa shape index (κ1) is 13.6. The van der Waals surface area contributed by atoms with Crippen molar-refractivity contribution in [1.29, 1.82) is 0 Å². The van der Waals surface area contributed by atoms with Crippen molar-refractivity contribution in [2.45, 2.75) is 19.1 Å². The van der Waals surface area contributed by atoms with Gasteiger partial charge in [-0.15, -0.1) is 0 Å². The molecule has 0 aliphatic carbocycles. The van der Waals surface area contributed by atoms with E-state index in [1.165, 1.54) is 0 Å². The molecule has 3 nitrogen and oxygen atoms in total. The van der Waals surface area contributed by atoms with Crippen molar-refractivity contribution in [1.82, 2.24) is 4.98 Å². The van der Waals surface area contributed by atoms with Crippen LogP contribution >= 0.6 is 0 Å². The molecule has 1 heterocycles. The molecule has 0 atom stereocenters. The molecular weight excluding hydrogens is 247 g/mol. The second-order valence-corrected chi connectivity index (χ2v) is 3.08. The first-order valence-corrected chi connectivity index (χ1v) is 4.44. The number of rotatable bonds is 3. The van der Waals surface area contributed by atoms with Crippen molar-refractivity contribution in [2.75, 3.05) is 7.11 Å². The summed E-state index contributed by atoms with van der Waals surface area (Å²) in [5, 5.41) is 0. The molecule has 0 radical (unpaired) electrons. The monoisotopic (exact) mass is 256 g/mol. The molecular formula is C9H9F5N2O. The van der Waals surface area contributed by atoms with E-state index in [2.05, 4.69) is 9.72 Å². The minimum atomic E-state index is -4.78. The van der Waals surface area contributed by atoms with E-state index in [1.807, 2.05) is 0 Å². The van der Waals surface area contributed by atoms with Crippen LogP contribution in [0.15, 0.2) is 6.20 Å². The summed E-state index contributed by atoms with van der Waals surface area (Å²) in [5.41, 5.74) is 2.22. The Morgan fingerprint density at radius 1 is 1.41 bits per heavy atom. The average molecular weight is 256 g/mol. The van der Waals surface area contributed by atoms with E-state index in [0.29, 0.717) is 6.20 Å². The summed E-state index contributed by atoms with van der Waals surface area (Å²) in [5.74, 6) is -0.548. The van der Waals surface area contributed by atoms with Gasteiger partial charge in [0.15, 0.2) is 0 Å². The fourth-order valence-electron chi connectivity index (χ4n) is 1.40. The molecule has 0 saturated carbocycles. The minimum absolute atomic E-state index is 0.437. The number of alkyl halides is 5. The van der Waals surface area contributed by atoms with Crippen LogP contribution in [0.5, 0.6) is 5.88 Å². The summed E-state index contributed by atoms with van der Waals surface area (Å²) < 4.78 is 67.5. The number of ether oxygens (including phenoxy) is 1. The molecule has 2 N–H and O–H groups in total. The molecule has 17 heavy (non-hydrogen) atoms. The lowest BCUT2D eigenvalue weighted by Gasteiger charge is -2.17. The van der Waals surface area contributed by atoms with Crippen LogP contribution in [0.25, 0.3) is 0 Å². The molecule has 8 heteroatoms. The quantitative estimate of drug-likeness (QED) is 0.845. The van der Waals surface area contributed by atoms with Crippen LogP contribution in [-0.2, 0) is 12.7 Å². The molecule has 0 amide bonds. The predicted octanol–water partition coefficient (Wildman–Crippen LogP) is 2.51. The summed E-state index contributed by atoms with van der Waals surface area (Å²) in [4.78, 5) is 3.22. The van der Waals surface area contributed by atoms with E-state index < -0.39 is 41.7 Å². The number of halogens is 5. The third-order valence-corrected chi connectivity index (χ3v) is 2.11. The summed E-state index contributed by atoms with van der Waals surface area (Å²) >= 11 is 0. The lowest BCUT2D eigenvalue weighted by Crippen LogP contribution is -2.16. The fourth-order valence-corrected chi connectivity index (χ4v) is 1.40. The molecule has 0 unspecified atom stereocenters. The maximum absolute atomic E-state index is 12.7. The van der Waals surface area contributed by atoms with Crippen LogP contribution < -0.4 is 10.5 Å². The number of nitrogens with zero attached hydrogens (tertiary/aromatic N) is 1. The predicted molar refractivity (Wildman–Crippen MR) is 48.6 cm³/mol. The van der Waals surface area contributed by atoms with Crippen LogP contribution in [0, 0.1) is 0 Å². The Kier molecular flexibility index (Phi) is 3.87. The molecule has 0 bridgehead atoms. The molecule has 1 aromatic rings. The van der Waals surface area contributed by atoms with Gasteiger partial charge in [0.05, 0.1) is 18.2 Å². The highest BCUT2D eigenvalue weighted by Crippen LogP contribution is 2.38. The standard InChI is InChI=1S/C9H9F5N2O/c1-17-8-6(7(10)11)4(2-15)5(3-16-8)9(12,13)14/h3,7H,2,15H2,1H3. The molecule has 0 saturated heterocycles. The summed E-state index contributed by atoms with van der Waals surface area (Å²) in [7, 11) is 1.04. The molecule has 1 rings (SSSR count). The van der Waals surface area contributed by atoms with Gasteiger partial charge in [-0.3, -0.25) is 0 Å². The highest BCUT2D eigenvalue weighted by atomic mass is 19.4. The highest BCUT2D eigenvalue weighted by molar-refractivity contribution is 5.42. The Bertz CT molecular complexity index is 405. The minimum Gasteiger partial charge on any atom is -0.481 e. The molecule has 96 valence electrons. The number of nitrogens with two attached hydrogens (primary N) is 1. The van der Waals surface area contributed by atoms with Gasteiger partial charge in [0, 0.05) is 12.7 Å². The Morgan fingerprint density at radius 3 is 2.35 bits per heavy atom. The molecule has 0 fully saturated rings. The van der Waals surface area contributed by atoms with E-state index in [1.54, 1.807) is 0 Å². The van der Waals surface area contributed by atoms with Crippen molar-refractivity contribution in [3.63, 3.8) is 0 Å². The van der Waals surface area contributed by atoms with Gasteiger partial charge in [-0.05, 0) is 5.56 Å². The average Bonchev–Trinajstić information content (AvgIpc) is 2.25. The normalized spacial score (nSPS) is 12.0. The van der Waals surface area contributed by atoms with Crippen molar-refractivity contribution in [2.24, 2.45) is 5.73 Å². The summed E-state index contributed by atoms with van der Waals surface area (Å²) in [6, 6.07) is 0. The SMILES string of the molecule is COc1ncc(C(F)(F)F)c(CN)c1C(F)F. The summed E-state index contributed by atoms with van der Waals surface area (Å²) in [6.07, 6.45) is -7.48. The Morgan fingerprint density at radius 2 is 2.00 bits per heavy atom. The molecule has 0 aromatic carbocycles. The third-order valence-electron chi connectivity index (χ3n) is 2.11. The van der Waals surface area contributed by atoms with Gasteiger partial charge in [0.2, 0.25) is 5.88 Å². The lowest BCUT2D eigenvalue weighted by molar-refractivity contribution is -0.138. The maximum atomic E-state index is 12.7. The van der Waals surface area contributed by atoms with E-state index >= 15 is 0 Å². The Labute approximate surface area is 93.4 Å².